The van der Waals surface area contributed by atoms with Gasteiger partial charge in [0.2, 0.25) is 5.91 Å². The first kappa shape index (κ1) is 19.2. The second kappa shape index (κ2) is 7.99. The number of rotatable bonds is 5. The highest BCUT2D eigenvalue weighted by Gasteiger charge is 2.40. The maximum atomic E-state index is 13.9. The molecule has 3 rings (SSSR count). The van der Waals surface area contributed by atoms with E-state index < -0.39 is 29.6 Å². The molecule has 0 bridgehead atoms. The number of nitrogens with two attached hydrogens (primary N) is 1. The number of anilines is 1. The molecule has 27 heavy (non-hydrogen) atoms. The number of amides is 4. The van der Waals surface area contributed by atoms with Crippen molar-refractivity contribution in [2.24, 2.45) is 5.73 Å². The number of nitrogens with zero attached hydrogens (tertiary/aromatic N) is 1. The van der Waals surface area contributed by atoms with Gasteiger partial charge in [0.25, 0.3) is 5.91 Å². The quantitative estimate of drug-likeness (QED) is 0.674. The third kappa shape index (κ3) is 4.24. The van der Waals surface area contributed by atoms with Gasteiger partial charge in [-0.25, -0.2) is 18.5 Å². The molecule has 1 saturated carbocycles. The molecule has 7 nitrogen and oxygen atoms in total. The number of hydrogen-bond donors (Lipinski definition) is 3. The van der Waals surface area contributed by atoms with Crippen LogP contribution in [0.15, 0.2) is 18.2 Å². The standard InChI is InChI=1S/C18H22F2N4O3/c19-10-5-7-15(11(20)9-10)24-17(26)14(23-18(24)27)6-8-16(25)22-13-4-2-1-3-12(13)21/h5,7,9,12-14H,1-4,6,8,21H2,(H,22,25)(H,23,27)/t12-,13-,14?/m1/s1. The highest BCUT2D eigenvalue weighted by atomic mass is 19.1. The van der Waals surface area contributed by atoms with E-state index in [1.54, 1.807) is 0 Å². The SMILES string of the molecule is N[C@@H]1CCCC[C@H]1NC(=O)CCC1NC(=O)N(c2ccc(F)cc2F)C1=O. The summed E-state index contributed by atoms with van der Waals surface area (Å²) in [6.45, 7) is 0. The molecular formula is C18H22F2N4O3. The van der Waals surface area contributed by atoms with Crippen molar-refractivity contribution >= 4 is 23.5 Å². The number of urea groups is 1. The second-order valence-electron chi connectivity index (χ2n) is 6.93. The van der Waals surface area contributed by atoms with E-state index in [1.165, 1.54) is 0 Å². The van der Waals surface area contributed by atoms with Gasteiger partial charge in [-0.3, -0.25) is 9.59 Å². The van der Waals surface area contributed by atoms with E-state index in [0.717, 1.165) is 37.8 Å². The van der Waals surface area contributed by atoms with Crippen LogP contribution >= 0.6 is 0 Å². The van der Waals surface area contributed by atoms with E-state index >= 15 is 0 Å². The first-order chi connectivity index (χ1) is 12.9. The molecule has 2 aliphatic rings. The van der Waals surface area contributed by atoms with Gasteiger partial charge >= 0.3 is 6.03 Å². The minimum absolute atomic E-state index is 0.0274. The van der Waals surface area contributed by atoms with Crippen LogP contribution in [0.25, 0.3) is 0 Å². The molecule has 1 aromatic rings. The van der Waals surface area contributed by atoms with Gasteiger partial charge in [-0.2, -0.15) is 0 Å². The van der Waals surface area contributed by atoms with Crippen LogP contribution in [0.2, 0.25) is 0 Å². The van der Waals surface area contributed by atoms with Crippen LogP contribution < -0.4 is 21.3 Å². The maximum Gasteiger partial charge on any atom is 0.329 e. The summed E-state index contributed by atoms with van der Waals surface area (Å²) in [7, 11) is 0. The summed E-state index contributed by atoms with van der Waals surface area (Å²) in [5, 5.41) is 5.31. The number of halogens is 2. The van der Waals surface area contributed by atoms with Gasteiger partial charge in [-0.05, 0) is 31.4 Å². The van der Waals surface area contributed by atoms with Crippen molar-refractivity contribution in [3.05, 3.63) is 29.8 Å². The molecule has 1 aliphatic heterocycles. The molecule has 1 unspecified atom stereocenters. The minimum atomic E-state index is -1.01. The molecule has 9 heteroatoms. The van der Waals surface area contributed by atoms with Gasteiger partial charge in [-0.1, -0.05) is 12.8 Å². The molecule has 0 spiro atoms. The van der Waals surface area contributed by atoms with Crippen LogP contribution in [-0.2, 0) is 9.59 Å². The van der Waals surface area contributed by atoms with Gasteiger partial charge < -0.3 is 16.4 Å². The van der Waals surface area contributed by atoms with Crippen molar-refractivity contribution in [1.29, 1.82) is 0 Å². The topological polar surface area (TPSA) is 105 Å². The maximum absolute atomic E-state index is 13.9. The number of benzene rings is 1. The van der Waals surface area contributed by atoms with Crippen LogP contribution in [-0.4, -0.2) is 36.0 Å². The lowest BCUT2D eigenvalue weighted by atomic mass is 9.91. The van der Waals surface area contributed by atoms with E-state index in [2.05, 4.69) is 10.6 Å². The summed E-state index contributed by atoms with van der Waals surface area (Å²) >= 11 is 0. The summed E-state index contributed by atoms with van der Waals surface area (Å²) in [6.07, 6.45) is 3.85. The zero-order valence-corrected chi connectivity index (χ0v) is 14.7. The van der Waals surface area contributed by atoms with Crippen molar-refractivity contribution < 1.29 is 23.2 Å². The number of nitrogens with one attached hydrogen (secondary N) is 2. The normalized spacial score (nSPS) is 25.4. The molecule has 2 fully saturated rings. The van der Waals surface area contributed by atoms with Crippen LogP contribution in [0.1, 0.15) is 38.5 Å². The lowest BCUT2D eigenvalue weighted by Gasteiger charge is -2.29. The number of carbonyl (C=O) groups is 3. The summed E-state index contributed by atoms with van der Waals surface area (Å²) in [4.78, 5) is 37.3. The second-order valence-corrected chi connectivity index (χ2v) is 6.93. The average Bonchev–Trinajstić information content (AvgIpc) is 2.89. The first-order valence-electron chi connectivity index (χ1n) is 9.01. The Bertz CT molecular complexity index is 758. The monoisotopic (exact) mass is 380 g/mol. The lowest BCUT2D eigenvalue weighted by molar-refractivity contribution is -0.122. The van der Waals surface area contributed by atoms with E-state index in [4.69, 9.17) is 5.73 Å². The Labute approximate surface area is 155 Å². The van der Waals surface area contributed by atoms with Crippen LogP contribution in [0, 0.1) is 11.6 Å². The zero-order chi connectivity index (χ0) is 19.6. The molecule has 1 heterocycles. The van der Waals surface area contributed by atoms with Gasteiger partial charge in [0.05, 0.1) is 5.69 Å². The van der Waals surface area contributed by atoms with Crippen molar-refractivity contribution in [3.63, 3.8) is 0 Å². The third-order valence-corrected chi connectivity index (χ3v) is 5.00. The van der Waals surface area contributed by atoms with E-state index in [-0.39, 0.29) is 36.5 Å². The third-order valence-electron chi connectivity index (χ3n) is 5.00. The summed E-state index contributed by atoms with van der Waals surface area (Å²) in [6, 6.07) is 0.703. The molecule has 1 aliphatic carbocycles. The molecule has 4 amide bonds. The molecule has 0 radical (unpaired) electrons. The fourth-order valence-electron chi connectivity index (χ4n) is 3.51. The van der Waals surface area contributed by atoms with E-state index in [0.29, 0.717) is 11.0 Å². The Hall–Kier alpha value is -2.55. The van der Waals surface area contributed by atoms with Crippen molar-refractivity contribution in [1.82, 2.24) is 10.6 Å². The zero-order valence-electron chi connectivity index (χ0n) is 14.7. The largest absolute Gasteiger partial charge is 0.352 e. The highest BCUT2D eigenvalue weighted by molar-refractivity contribution is 6.21. The number of carbonyl (C=O) groups excluding carboxylic acids is 3. The molecular weight excluding hydrogens is 358 g/mol. The predicted octanol–water partition coefficient (Wildman–Crippen LogP) is 1.56. The first-order valence-corrected chi connectivity index (χ1v) is 9.01. The van der Waals surface area contributed by atoms with Crippen molar-refractivity contribution in [2.75, 3.05) is 4.90 Å². The fourth-order valence-corrected chi connectivity index (χ4v) is 3.51. The highest BCUT2D eigenvalue weighted by Crippen LogP contribution is 2.25. The molecule has 1 aromatic carbocycles. The Morgan fingerprint density at radius 2 is 2.00 bits per heavy atom. The van der Waals surface area contributed by atoms with Gasteiger partial charge in [0.1, 0.15) is 17.7 Å². The predicted molar refractivity (Wildman–Crippen MR) is 93.8 cm³/mol. The molecule has 1 saturated heterocycles. The number of hydrogen-bond acceptors (Lipinski definition) is 4. The summed E-state index contributed by atoms with van der Waals surface area (Å²) in [5.74, 6) is -2.74. The minimum Gasteiger partial charge on any atom is -0.352 e. The van der Waals surface area contributed by atoms with Crippen molar-refractivity contribution in [3.8, 4) is 0 Å². The number of imide groups is 1. The van der Waals surface area contributed by atoms with Crippen LogP contribution in [0.5, 0.6) is 0 Å². The lowest BCUT2D eigenvalue weighted by Crippen LogP contribution is -2.49. The van der Waals surface area contributed by atoms with Crippen LogP contribution in [0.4, 0.5) is 19.3 Å². The summed E-state index contributed by atoms with van der Waals surface area (Å²) < 4.78 is 26.9. The Kier molecular flexibility index (Phi) is 5.69. The fraction of sp³-hybridized carbons (Fsp3) is 0.500. The Balaban J connectivity index is 1.58. The van der Waals surface area contributed by atoms with Crippen LogP contribution in [0.3, 0.4) is 0 Å². The van der Waals surface area contributed by atoms with E-state index in [9.17, 15) is 23.2 Å². The van der Waals surface area contributed by atoms with Gasteiger partial charge in [-0.15, -0.1) is 0 Å². The molecule has 4 N–H and O–H groups in total. The molecule has 0 aromatic heterocycles. The van der Waals surface area contributed by atoms with Gasteiger partial charge in [0, 0.05) is 24.6 Å². The summed E-state index contributed by atoms with van der Waals surface area (Å²) in [5.41, 5.74) is 5.68. The van der Waals surface area contributed by atoms with Gasteiger partial charge in [0.15, 0.2) is 0 Å². The molecule has 146 valence electrons. The average molecular weight is 380 g/mol. The Morgan fingerprint density at radius 1 is 1.26 bits per heavy atom. The molecule has 3 atom stereocenters. The van der Waals surface area contributed by atoms with Crippen molar-refractivity contribution in [2.45, 2.75) is 56.7 Å². The smallest absolute Gasteiger partial charge is 0.329 e. The van der Waals surface area contributed by atoms with E-state index in [1.807, 2.05) is 0 Å². The Morgan fingerprint density at radius 3 is 2.70 bits per heavy atom.